The summed E-state index contributed by atoms with van der Waals surface area (Å²) in [5.74, 6) is -0.138. The number of amides is 1. The predicted octanol–water partition coefficient (Wildman–Crippen LogP) is 18.4. The maximum absolute atomic E-state index is 13.1. The van der Waals surface area contributed by atoms with Crippen LogP contribution in [-0.4, -0.2) is 87.5 Å². The highest BCUT2D eigenvalue weighted by atomic mass is 16.7. The molecule has 1 rings (SSSR count). The number of allylic oxidation sites excluding steroid dienone is 8. The molecule has 9 nitrogen and oxygen atoms in total. The molecule has 0 aromatic carbocycles. The van der Waals surface area contributed by atoms with Crippen molar-refractivity contribution in [1.82, 2.24) is 5.32 Å². The minimum Gasteiger partial charge on any atom is -0.394 e. The molecule has 1 heterocycles. The standard InChI is InChI=1S/C70H131NO8/c1-3-5-7-9-11-13-15-17-19-21-23-25-27-29-30-31-32-33-34-36-38-40-42-44-46-48-50-52-54-56-58-60-66(74)71-63(62-78-70-69(77)68(76)67(75)65(61-72)79-70)64(73)59-57-55-53-51-49-47-45-43-41-39-37-35-28-26-24-22-20-18-16-14-12-10-8-6-4-2/h5,7,11,13,17,19,23,25,63-65,67-70,72-73,75-77H,3-4,6,8-10,12,14-16,18,20-22,24,26-62H2,1-2H3,(H,71,74)/b7-5-,13-11-,19-17-,25-23-. The first kappa shape index (κ1) is 75.2. The van der Waals surface area contributed by atoms with Crippen molar-refractivity contribution in [2.75, 3.05) is 13.2 Å². The molecule has 1 fully saturated rings. The lowest BCUT2D eigenvalue weighted by molar-refractivity contribution is -0.302. The first-order valence-corrected chi connectivity index (χ1v) is 34.3. The van der Waals surface area contributed by atoms with Gasteiger partial charge in [0.25, 0.3) is 0 Å². The fourth-order valence-electron chi connectivity index (χ4n) is 11.1. The van der Waals surface area contributed by atoms with Gasteiger partial charge >= 0.3 is 0 Å². The average molecular weight is 1110 g/mol. The molecule has 1 amide bonds. The monoisotopic (exact) mass is 1110 g/mol. The van der Waals surface area contributed by atoms with Gasteiger partial charge in [0.15, 0.2) is 6.29 Å². The second kappa shape index (κ2) is 59.3. The number of aliphatic hydroxyl groups excluding tert-OH is 5. The number of rotatable bonds is 60. The Kier molecular flexibility index (Phi) is 56.4. The number of unbranched alkanes of at least 4 members (excludes halogenated alkanes) is 42. The minimum absolute atomic E-state index is 0.135. The Balaban J connectivity index is 2.11. The molecule has 1 aliphatic heterocycles. The van der Waals surface area contributed by atoms with E-state index < -0.39 is 49.5 Å². The molecule has 1 saturated heterocycles. The number of nitrogens with one attached hydrogen (secondary N) is 1. The first-order chi connectivity index (χ1) is 38.8. The molecule has 1 aliphatic rings. The fraction of sp³-hybridized carbons (Fsp3) is 0.871. The van der Waals surface area contributed by atoms with Crippen LogP contribution in [0.25, 0.3) is 0 Å². The normalized spacial score (nSPS) is 18.8. The van der Waals surface area contributed by atoms with Crippen molar-refractivity contribution in [1.29, 1.82) is 0 Å². The molecule has 0 aromatic heterocycles. The zero-order valence-electron chi connectivity index (χ0n) is 51.9. The Morgan fingerprint density at radius 3 is 1.16 bits per heavy atom. The summed E-state index contributed by atoms with van der Waals surface area (Å²) in [4.78, 5) is 13.1. The van der Waals surface area contributed by atoms with Gasteiger partial charge in [0.05, 0.1) is 25.4 Å². The van der Waals surface area contributed by atoms with Crippen LogP contribution in [0.5, 0.6) is 0 Å². The third-order valence-electron chi connectivity index (χ3n) is 16.4. The number of carbonyl (C=O) groups is 1. The summed E-state index contributed by atoms with van der Waals surface area (Å²) in [7, 11) is 0. The quantitative estimate of drug-likeness (QED) is 0.0261. The van der Waals surface area contributed by atoms with Gasteiger partial charge in [-0.3, -0.25) is 4.79 Å². The molecule has 0 saturated carbocycles. The lowest BCUT2D eigenvalue weighted by Crippen LogP contribution is -2.60. The summed E-state index contributed by atoms with van der Waals surface area (Å²) in [6, 6.07) is -0.720. The van der Waals surface area contributed by atoms with E-state index in [4.69, 9.17) is 9.47 Å². The van der Waals surface area contributed by atoms with Gasteiger partial charge in [0.2, 0.25) is 5.91 Å². The number of ether oxygens (including phenoxy) is 2. The van der Waals surface area contributed by atoms with E-state index in [2.05, 4.69) is 67.8 Å². The molecule has 7 unspecified atom stereocenters. The van der Waals surface area contributed by atoms with Crippen LogP contribution in [0.1, 0.15) is 335 Å². The van der Waals surface area contributed by atoms with Crippen LogP contribution in [0.2, 0.25) is 0 Å². The zero-order valence-corrected chi connectivity index (χ0v) is 51.9. The largest absolute Gasteiger partial charge is 0.394 e. The zero-order chi connectivity index (χ0) is 57.2. The van der Waals surface area contributed by atoms with E-state index in [0.717, 1.165) is 64.2 Å². The lowest BCUT2D eigenvalue weighted by Gasteiger charge is -2.40. The molecule has 79 heavy (non-hydrogen) atoms. The summed E-state index contributed by atoms with van der Waals surface area (Å²) in [6.07, 6.45) is 73.1. The smallest absolute Gasteiger partial charge is 0.220 e. The Hall–Kier alpha value is -1.85. The highest BCUT2D eigenvalue weighted by molar-refractivity contribution is 5.76. The third kappa shape index (κ3) is 48.3. The maximum Gasteiger partial charge on any atom is 0.220 e. The van der Waals surface area contributed by atoms with Crippen LogP contribution in [0, 0.1) is 0 Å². The number of hydrogen-bond acceptors (Lipinski definition) is 8. The molecule has 0 aromatic rings. The number of carbonyl (C=O) groups excluding carboxylic acids is 1. The number of aliphatic hydroxyl groups is 5. The van der Waals surface area contributed by atoms with Crippen molar-refractivity contribution in [3.8, 4) is 0 Å². The van der Waals surface area contributed by atoms with Gasteiger partial charge in [0.1, 0.15) is 24.4 Å². The van der Waals surface area contributed by atoms with Gasteiger partial charge in [0, 0.05) is 6.42 Å². The van der Waals surface area contributed by atoms with Crippen LogP contribution >= 0.6 is 0 Å². The lowest BCUT2D eigenvalue weighted by atomic mass is 9.99. The fourth-order valence-corrected chi connectivity index (χ4v) is 11.1. The topological polar surface area (TPSA) is 149 Å². The van der Waals surface area contributed by atoms with Gasteiger partial charge < -0.3 is 40.3 Å². The second-order valence-electron chi connectivity index (χ2n) is 23.9. The van der Waals surface area contributed by atoms with E-state index in [1.54, 1.807) is 0 Å². The number of hydrogen-bond donors (Lipinski definition) is 6. The van der Waals surface area contributed by atoms with Gasteiger partial charge in [-0.15, -0.1) is 0 Å². The van der Waals surface area contributed by atoms with Crippen molar-refractivity contribution in [3.63, 3.8) is 0 Å². The van der Waals surface area contributed by atoms with Crippen molar-refractivity contribution in [3.05, 3.63) is 48.6 Å². The van der Waals surface area contributed by atoms with E-state index >= 15 is 0 Å². The van der Waals surface area contributed by atoms with Crippen LogP contribution < -0.4 is 5.32 Å². The van der Waals surface area contributed by atoms with Gasteiger partial charge in [-0.05, 0) is 51.4 Å². The molecule has 464 valence electrons. The second-order valence-corrected chi connectivity index (χ2v) is 23.9. The van der Waals surface area contributed by atoms with Crippen molar-refractivity contribution in [2.24, 2.45) is 0 Å². The van der Waals surface area contributed by atoms with Crippen LogP contribution in [0.15, 0.2) is 48.6 Å². The van der Waals surface area contributed by atoms with Crippen molar-refractivity contribution >= 4 is 5.91 Å². The minimum atomic E-state index is -1.55. The molecule has 0 aliphatic carbocycles. The Bertz CT molecular complexity index is 1380. The summed E-state index contributed by atoms with van der Waals surface area (Å²) < 4.78 is 11.4. The molecular formula is C70H131NO8. The Morgan fingerprint density at radius 1 is 0.443 bits per heavy atom. The third-order valence-corrected chi connectivity index (χ3v) is 16.4. The first-order valence-electron chi connectivity index (χ1n) is 34.3. The van der Waals surface area contributed by atoms with Crippen LogP contribution in [0.4, 0.5) is 0 Å². The van der Waals surface area contributed by atoms with Crippen molar-refractivity contribution in [2.45, 2.75) is 378 Å². The molecular weight excluding hydrogens is 983 g/mol. The van der Waals surface area contributed by atoms with Crippen LogP contribution in [0.3, 0.4) is 0 Å². The van der Waals surface area contributed by atoms with Gasteiger partial charge in [-0.2, -0.15) is 0 Å². The average Bonchev–Trinajstić information content (AvgIpc) is 3.47. The predicted molar refractivity (Wildman–Crippen MR) is 336 cm³/mol. The van der Waals surface area contributed by atoms with E-state index in [0.29, 0.717) is 12.8 Å². The van der Waals surface area contributed by atoms with E-state index in [-0.39, 0.29) is 12.5 Å². The Labute approximate surface area is 488 Å². The summed E-state index contributed by atoms with van der Waals surface area (Å²) in [6.45, 7) is 3.77. The molecule has 6 N–H and O–H groups in total. The van der Waals surface area contributed by atoms with E-state index in [1.807, 2.05) is 0 Å². The summed E-state index contributed by atoms with van der Waals surface area (Å²) in [5, 5.41) is 54.9. The van der Waals surface area contributed by atoms with Crippen molar-refractivity contribution < 1.29 is 39.8 Å². The van der Waals surface area contributed by atoms with E-state index in [1.165, 1.54) is 244 Å². The SMILES string of the molecule is CC/C=C\C/C=C\C/C=C\C/C=C\CCCCCCCCCCCCCCCCCCCCC(=O)NC(COC1OC(CO)C(O)C(O)C1O)C(O)CCCCCCCCCCCCCCCCCCCCCCCCCCC. The Morgan fingerprint density at radius 2 is 0.785 bits per heavy atom. The van der Waals surface area contributed by atoms with Crippen LogP contribution in [-0.2, 0) is 14.3 Å². The maximum atomic E-state index is 13.1. The van der Waals surface area contributed by atoms with Gasteiger partial charge in [-0.1, -0.05) is 326 Å². The highest BCUT2D eigenvalue weighted by Gasteiger charge is 2.44. The molecule has 0 spiro atoms. The van der Waals surface area contributed by atoms with E-state index in [9.17, 15) is 30.3 Å². The summed E-state index contributed by atoms with van der Waals surface area (Å²) >= 11 is 0. The molecule has 0 bridgehead atoms. The molecule has 9 heteroatoms. The highest BCUT2D eigenvalue weighted by Crippen LogP contribution is 2.24. The van der Waals surface area contributed by atoms with Gasteiger partial charge in [-0.25, -0.2) is 0 Å². The summed E-state index contributed by atoms with van der Waals surface area (Å²) in [5.41, 5.74) is 0. The molecule has 7 atom stereocenters. The molecule has 0 radical (unpaired) electrons.